The first-order valence-corrected chi connectivity index (χ1v) is 16.5. The third-order valence-electron chi connectivity index (χ3n) is 9.97. The van der Waals surface area contributed by atoms with E-state index >= 15 is 0 Å². The van der Waals surface area contributed by atoms with Gasteiger partial charge in [0.1, 0.15) is 17.7 Å². The maximum Gasteiger partial charge on any atom is 0.313 e. The number of hydrogen-bond donors (Lipinski definition) is 2. The minimum atomic E-state index is -1.24. The molecule has 0 saturated carbocycles. The standard InChI is InChI=1S/C36H51N3O7/c1-8-11-17-28(41)37-21-27(24-15-13-12-14-16-24)45-34(44)29-26-18-19-36(46-26)30(29)32(42)39(25(22-40)23(4)10-3)31(36)33(43)38(20-9-2)35(5,6)7/h8-9,12-16,23,25-27,29-31,40H,1-2,10-11,17-22H2,3-7H3,(H,37,41)/t23-,25-,26+,27-,29-,30-,31+,36-/m0/s1. The number of carbonyl (C=O) groups excluding carboxylic acids is 4. The number of benzene rings is 1. The third kappa shape index (κ3) is 6.65. The highest BCUT2D eigenvalue weighted by Gasteiger charge is 2.76. The Morgan fingerprint density at radius 1 is 1.22 bits per heavy atom. The molecular formula is C36H51N3O7. The lowest BCUT2D eigenvalue weighted by atomic mass is 9.70. The Bertz CT molecular complexity index is 1290. The van der Waals surface area contributed by atoms with E-state index in [4.69, 9.17) is 9.47 Å². The van der Waals surface area contributed by atoms with Gasteiger partial charge in [-0.15, -0.1) is 13.2 Å². The number of ether oxygens (including phenoxy) is 2. The molecule has 10 heteroatoms. The fourth-order valence-electron chi connectivity index (χ4n) is 7.42. The van der Waals surface area contributed by atoms with E-state index in [1.807, 2.05) is 65.0 Å². The number of fused-ring (bicyclic) bond motifs is 1. The fourth-order valence-corrected chi connectivity index (χ4v) is 7.42. The van der Waals surface area contributed by atoms with Crippen LogP contribution in [0.4, 0.5) is 0 Å². The van der Waals surface area contributed by atoms with Crippen LogP contribution in [0.3, 0.4) is 0 Å². The van der Waals surface area contributed by atoms with Crippen molar-refractivity contribution in [2.45, 2.75) is 102 Å². The molecule has 3 amide bonds. The van der Waals surface area contributed by atoms with Crippen molar-refractivity contribution in [3.8, 4) is 0 Å². The van der Waals surface area contributed by atoms with E-state index in [0.717, 1.165) is 0 Å². The van der Waals surface area contributed by atoms with Crippen molar-refractivity contribution in [3.05, 3.63) is 61.2 Å². The van der Waals surface area contributed by atoms with Crippen LogP contribution in [0, 0.1) is 17.8 Å². The fraction of sp³-hybridized carbons (Fsp3) is 0.611. The highest BCUT2D eigenvalue weighted by Crippen LogP contribution is 2.59. The monoisotopic (exact) mass is 637 g/mol. The van der Waals surface area contributed by atoms with E-state index in [-0.39, 0.29) is 49.8 Å². The molecule has 1 aromatic rings. The third-order valence-corrected chi connectivity index (χ3v) is 9.97. The zero-order chi connectivity index (χ0) is 33.8. The van der Waals surface area contributed by atoms with Crippen LogP contribution >= 0.6 is 0 Å². The molecule has 46 heavy (non-hydrogen) atoms. The Hall–Kier alpha value is -3.50. The zero-order valence-corrected chi connectivity index (χ0v) is 27.9. The summed E-state index contributed by atoms with van der Waals surface area (Å²) in [6, 6.07) is 7.49. The average Bonchev–Trinajstić information content (AvgIpc) is 3.68. The Balaban J connectivity index is 1.71. The Labute approximate surface area is 273 Å². The topological polar surface area (TPSA) is 125 Å². The van der Waals surface area contributed by atoms with E-state index in [0.29, 0.717) is 31.2 Å². The molecule has 3 aliphatic heterocycles. The summed E-state index contributed by atoms with van der Waals surface area (Å²) in [6.45, 7) is 17.2. The van der Waals surface area contributed by atoms with Crippen LogP contribution in [0.5, 0.6) is 0 Å². The molecule has 3 heterocycles. The van der Waals surface area contributed by atoms with Gasteiger partial charge in [-0.2, -0.15) is 0 Å². The molecule has 0 unspecified atom stereocenters. The Kier molecular flexibility index (Phi) is 11.2. The molecule has 252 valence electrons. The van der Waals surface area contributed by atoms with Crippen LogP contribution in [-0.2, 0) is 28.7 Å². The van der Waals surface area contributed by atoms with Crippen LogP contribution in [0.25, 0.3) is 0 Å². The maximum absolute atomic E-state index is 14.6. The quantitative estimate of drug-likeness (QED) is 0.220. The van der Waals surface area contributed by atoms with Crippen molar-refractivity contribution in [1.29, 1.82) is 0 Å². The number of carbonyl (C=O) groups is 4. The summed E-state index contributed by atoms with van der Waals surface area (Å²) in [5.74, 6) is -3.46. The van der Waals surface area contributed by atoms with Crippen LogP contribution < -0.4 is 5.32 Å². The number of rotatable bonds is 15. The summed E-state index contributed by atoms with van der Waals surface area (Å²) in [5, 5.41) is 13.5. The molecule has 0 radical (unpaired) electrons. The predicted octanol–water partition coefficient (Wildman–Crippen LogP) is 3.95. The van der Waals surface area contributed by atoms with Crippen LogP contribution in [0.2, 0.25) is 0 Å². The van der Waals surface area contributed by atoms with Gasteiger partial charge in [0.15, 0.2) is 0 Å². The lowest BCUT2D eigenvalue weighted by Crippen LogP contribution is -2.62. The summed E-state index contributed by atoms with van der Waals surface area (Å²) in [6.07, 6.45) is 4.31. The SMILES string of the molecule is C=CCCC(=O)NC[C@H](OC(=O)[C@@H]1[C@H]2C(=O)N([C@@H](CO)[C@@H](C)CC)[C@H](C(=O)N(CC=C)C(C)(C)C)[C@]23CC[C@H]1O3)c1ccccc1. The van der Waals surface area contributed by atoms with Crippen LogP contribution in [0.1, 0.15) is 78.4 Å². The van der Waals surface area contributed by atoms with Crippen LogP contribution in [0.15, 0.2) is 55.6 Å². The number of aliphatic hydroxyl groups is 1. The number of amides is 3. The van der Waals surface area contributed by atoms with Gasteiger partial charge in [0.05, 0.1) is 37.1 Å². The highest BCUT2D eigenvalue weighted by molar-refractivity contribution is 5.98. The number of allylic oxidation sites excluding steroid dienone is 1. The Morgan fingerprint density at radius 3 is 2.50 bits per heavy atom. The molecule has 1 spiro atoms. The van der Waals surface area contributed by atoms with Gasteiger partial charge in [-0.25, -0.2) is 0 Å². The molecule has 4 rings (SSSR count). The van der Waals surface area contributed by atoms with Crippen molar-refractivity contribution in [2.75, 3.05) is 19.7 Å². The molecule has 1 aromatic carbocycles. The van der Waals surface area contributed by atoms with Gasteiger partial charge in [-0.1, -0.05) is 62.8 Å². The number of likely N-dealkylation sites (tertiary alicyclic amines) is 1. The molecular weight excluding hydrogens is 586 g/mol. The van der Waals surface area contributed by atoms with E-state index in [1.54, 1.807) is 17.1 Å². The summed E-state index contributed by atoms with van der Waals surface area (Å²) in [7, 11) is 0. The van der Waals surface area contributed by atoms with Gasteiger partial charge in [0.25, 0.3) is 0 Å². The molecule has 3 aliphatic rings. The molecule has 2 bridgehead atoms. The first-order chi connectivity index (χ1) is 21.9. The van der Waals surface area contributed by atoms with Gasteiger partial charge in [0.2, 0.25) is 17.7 Å². The second kappa shape index (κ2) is 14.5. The number of nitrogens with one attached hydrogen (secondary N) is 1. The number of esters is 1. The molecule has 3 saturated heterocycles. The van der Waals surface area contributed by atoms with E-state index < -0.39 is 53.2 Å². The average molecular weight is 638 g/mol. The summed E-state index contributed by atoms with van der Waals surface area (Å²) in [4.78, 5) is 59.0. The maximum atomic E-state index is 14.6. The first-order valence-electron chi connectivity index (χ1n) is 16.5. The zero-order valence-electron chi connectivity index (χ0n) is 27.9. The molecule has 0 aliphatic carbocycles. The summed E-state index contributed by atoms with van der Waals surface area (Å²) in [5.41, 5.74) is -1.13. The van der Waals surface area contributed by atoms with Crippen molar-refractivity contribution in [2.24, 2.45) is 17.8 Å². The summed E-state index contributed by atoms with van der Waals surface area (Å²) < 4.78 is 12.8. The number of nitrogens with zero attached hydrogens (tertiary/aromatic N) is 2. The largest absolute Gasteiger partial charge is 0.455 e. The highest BCUT2D eigenvalue weighted by atomic mass is 16.6. The van der Waals surface area contributed by atoms with Crippen molar-refractivity contribution in [3.63, 3.8) is 0 Å². The van der Waals surface area contributed by atoms with Gasteiger partial charge in [-0.05, 0) is 51.5 Å². The minimum Gasteiger partial charge on any atom is -0.455 e. The van der Waals surface area contributed by atoms with Crippen molar-refractivity contribution in [1.82, 2.24) is 15.1 Å². The van der Waals surface area contributed by atoms with Crippen LogP contribution in [-0.4, -0.2) is 87.6 Å². The molecule has 8 atom stereocenters. The number of hydrogen-bond acceptors (Lipinski definition) is 7. The minimum absolute atomic E-state index is 0.0592. The van der Waals surface area contributed by atoms with Gasteiger partial charge < -0.3 is 29.7 Å². The van der Waals surface area contributed by atoms with E-state index in [1.165, 1.54) is 4.90 Å². The van der Waals surface area contributed by atoms with Crippen molar-refractivity contribution >= 4 is 23.7 Å². The molecule has 3 fully saturated rings. The molecule has 10 nitrogen and oxygen atoms in total. The molecule has 0 aromatic heterocycles. The second-order valence-electron chi connectivity index (χ2n) is 13.8. The lowest BCUT2D eigenvalue weighted by Gasteiger charge is -2.44. The predicted molar refractivity (Wildman–Crippen MR) is 174 cm³/mol. The van der Waals surface area contributed by atoms with Crippen molar-refractivity contribution < 1.29 is 33.8 Å². The van der Waals surface area contributed by atoms with Gasteiger partial charge in [-0.3, -0.25) is 19.2 Å². The molecule has 2 N–H and O–H groups in total. The van der Waals surface area contributed by atoms with E-state index in [9.17, 15) is 24.3 Å². The van der Waals surface area contributed by atoms with Gasteiger partial charge >= 0.3 is 5.97 Å². The first kappa shape index (κ1) is 35.4. The summed E-state index contributed by atoms with van der Waals surface area (Å²) >= 11 is 0. The lowest BCUT2D eigenvalue weighted by molar-refractivity contribution is -0.162. The second-order valence-corrected chi connectivity index (χ2v) is 13.8. The van der Waals surface area contributed by atoms with Gasteiger partial charge in [0, 0.05) is 18.5 Å². The normalized spacial score (nSPS) is 27.0. The number of aliphatic hydroxyl groups excluding tert-OH is 1. The van der Waals surface area contributed by atoms with E-state index in [2.05, 4.69) is 18.5 Å². The smallest absolute Gasteiger partial charge is 0.313 e. The Morgan fingerprint density at radius 2 is 1.91 bits per heavy atom.